The second-order valence-electron chi connectivity index (χ2n) is 4.96. The van der Waals surface area contributed by atoms with Crippen molar-refractivity contribution in [3.05, 3.63) is 58.9 Å². The zero-order valence-corrected chi connectivity index (χ0v) is 14.0. The van der Waals surface area contributed by atoms with Gasteiger partial charge in [0.25, 0.3) is 5.91 Å². The van der Waals surface area contributed by atoms with Gasteiger partial charge in [-0.2, -0.15) is 0 Å². The van der Waals surface area contributed by atoms with Crippen molar-refractivity contribution in [2.24, 2.45) is 0 Å². The maximum absolute atomic E-state index is 12.2. The minimum Gasteiger partial charge on any atom is -0.495 e. The average molecular weight is 349 g/mol. The number of carbonyl (C=O) groups is 2. The van der Waals surface area contributed by atoms with Crippen LogP contribution in [0.5, 0.6) is 5.75 Å². The molecule has 2 rings (SSSR count). The van der Waals surface area contributed by atoms with Gasteiger partial charge in [-0.1, -0.05) is 17.7 Å². The van der Waals surface area contributed by atoms with E-state index in [1.165, 1.54) is 20.4 Å². The summed E-state index contributed by atoms with van der Waals surface area (Å²) in [6, 6.07) is 7.58. The van der Waals surface area contributed by atoms with Crippen LogP contribution in [0.15, 0.2) is 42.7 Å². The Hall–Kier alpha value is -2.60. The van der Waals surface area contributed by atoms with Gasteiger partial charge in [0.2, 0.25) is 0 Å². The van der Waals surface area contributed by atoms with Gasteiger partial charge in [-0.25, -0.2) is 4.79 Å². The van der Waals surface area contributed by atoms with E-state index in [-0.39, 0.29) is 6.42 Å². The summed E-state index contributed by atoms with van der Waals surface area (Å²) in [5.41, 5.74) is 1.13. The topological polar surface area (TPSA) is 77.5 Å². The van der Waals surface area contributed by atoms with Gasteiger partial charge in [-0.05, 0) is 29.8 Å². The maximum atomic E-state index is 12.2. The second-order valence-corrected chi connectivity index (χ2v) is 5.37. The first-order valence-electron chi connectivity index (χ1n) is 7.16. The van der Waals surface area contributed by atoms with Gasteiger partial charge in [-0.3, -0.25) is 9.78 Å². The van der Waals surface area contributed by atoms with E-state index in [0.29, 0.717) is 16.3 Å². The normalized spacial score (nSPS) is 11.5. The highest BCUT2D eigenvalue weighted by molar-refractivity contribution is 6.32. The molecule has 1 aromatic carbocycles. The summed E-state index contributed by atoms with van der Waals surface area (Å²) in [6.07, 6.45) is 3.23. The summed E-state index contributed by atoms with van der Waals surface area (Å²) >= 11 is 6.09. The molecule has 1 atom stereocenters. The predicted molar refractivity (Wildman–Crippen MR) is 89.2 cm³/mol. The number of nitrogens with zero attached hydrogens (tertiary/aromatic N) is 1. The van der Waals surface area contributed by atoms with Crippen molar-refractivity contribution < 1.29 is 19.1 Å². The van der Waals surface area contributed by atoms with Crippen molar-refractivity contribution in [2.75, 3.05) is 14.2 Å². The van der Waals surface area contributed by atoms with Gasteiger partial charge in [0.1, 0.15) is 11.8 Å². The monoisotopic (exact) mass is 348 g/mol. The van der Waals surface area contributed by atoms with Crippen LogP contribution < -0.4 is 10.1 Å². The highest BCUT2D eigenvalue weighted by atomic mass is 35.5. The minimum atomic E-state index is -0.841. The van der Waals surface area contributed by atoms with E-state index in [1.54, 1.807) is 36.5 Å². The van der Waals surface area contributed by atoms with Gasteiger partial charge in [0.05, 0.1) is 24.8 Å². The first-order chi connectivity index (χ1) is 11.5. The number of hydrogen-bond acceptors (Lipinski definition) is 5. The van der Waals surface area contributed by atoms with Crippen LogP contribution in [0.25, 0.3) is 0 Å². The Kier molecular flexibility index (Phi) is 6.14. The standard InChI is InChI=1S/C17H17ClN2O4/c1-23-15-6-5-11(8-13(15)18)9-14(17(22)24-2)20-16(21)12-4-3-7-19-10-12/h3-8,10,14H,9H2,1-2H3,(H,20,21)/t14-/m0/s1. The molecule has 1 aromatic heterocycles. The third-order valence-electron chi connectivity index (χ3n) is 3.37. The highest BCUT2D eigenvalue weighted by Crippen LogP contribution is 2.25. The van der Waals surface area contributed by atoms with E-state index >= 15 is 0 Å². The predicted octanol–water partition coefficient (Wildman–Crippen LogP) is 2.26. The van der Waals surface area contributed by atoms with E-state index < -0.39 is 17.9 Å². The summed E-state index contributed by atoms with van der Waals surface area (Å²) in [5, 5.41) is 3.08. The minimum absolute atomic E-state index is 0.238. The molecule has 1 amide bonds. The van der Waals surface area contributed by atoms with Crippen molar-refractivity contribution in [2.45, 2.75) is 12.5 Å². The van der Waals surface area contributed by atoms with E-state index in [9.17, 15) is 9.59 Å². The van der Waals surface area contributed by atoms with E-state index in [4.69, 9.17) is 21.1 Å². The average Bonchev–Trinajstić information content (AvgIpc) is 2.61. The first kappa shape index (κ1) is 17.7. The molecule has 0 fully saturated rings. The number of carbonyl (C=O) groups excluding carboxylic acids is 2. The first-order valence-corrected chi connectivity index (χ1v) is 7.54. The molecule has 0 spiro atoms. The molecular formula is C17H17ClN2O4. The van der Waals surface area contributed by atoms with Gasteiger partial charge >= 0.3 is 5.97 Å². The van der Waals surface area contributed by atoms with Crippen molar-refractivity contribution in [1.29, 1.82) is 0 Å². The van der Waals surface area contributed by atoms with Crippen LogP contribution in [-0.2, 0) is 16.0 Å². The molecule has 1 N–H and O–H groups in total. The summed E-state index contributed by atoms with van der Waals surface area (Å²) in [7, 11) is 2.79. The fourth-order valence-electron chi connectivity index (χ4n) is 2.15. The molecule has 0 bridgehead atoms. The Morgan fingerprint density at radius 2 is 2.08 bits per heavy atom. The second kappa shape index (κ2) is 8.31. The number of halogens is 1. The highest BCUT2D eigenvalue weighted by Gasteiger charge is 2.23. The van der Waals surface area contributed by atoms with E-state index in [0.717, 1.165) is 5.56 Å². The van der Waals surface area contributed by atoms with Gasteiger partial charge < -0.3 is 14.8 Å². The number of pyridine rings is 1. The SMILES string of the molecule is COC(=O)[C@H](Cc1ccc(OC)c(Cl)c1)NC(=O)c1cccnc1. The van der Waals surface area contributed by atoms with E-state index in [1.807, 2.05) is 0 Å². The molecule has 7 heteroatoms. The Labute approximate surface area is 144 Å². The summed E-state index contributed by atoms with van der Waals surface area (Å²) in [6.45, 7) is 0. The molecule has 2 aromatic rings. The lowest BCUT2D eigenvalue weighted by molar-refractivity contribution is -0.142. The van der Waals surface area contributed by atoms with Crippen molar-refractivity contribution in [1.82, 2.24) is 10.3 Å². The number of nitrogens with one attached hydrogen (secondary N) is 1. The number of ether oxygens (including phenoxy) is 2. The Morgan fingerprint density at radius 3 is 2.67 bits per heavy atom. The molecule has 0 unspecified atom stereocenters. The molecular weight excluding hydrogens is 332 g/mol. The Bertz CT molecular complexity index is 722. The Balaban J connectivity index is 2.15. The van der Waals surface area contributed by atoms with E-state index in [2.05, 4.69) is 10.3 Å². The van der Waals surface area contributed by atoms with Gasteiger partial charge in [-0.15, -0.1) is 0 Å². The fraction of sp³-hybridized carbons (Fsp3) is 0.235. The van der Waals surface area contributed by atoms with Crippen molar-refractivity contribution >= 4 is 23.5 Å². The Morgan fingerprint density at radius 1 is 1.29 bits per heavy atom. The number of amides is 1. The summed E-state index contributed by atoms with van der Waals surface area (Å²) in [5.74, 6) is -0.410. The lowest BCUT2D eigenvalue weighted by Crippen LogP contribution is -2.43. The number of benzene rings is 1. The summed E-state index contributed by atoms with van der Waals surface area (Å²) < 4.78 is 9.87. The number of esters is 1. The van der Waals surface area contributed by atoms with Crippen LogP contribution in [0.3, 0.4) is 0 Å². The molecule has 126 valence electrons. The molecule has 0 aliphatic heterocycles. The molecule has 0 saturated heterocycles. The lowest BCUT2D eigenvalue weighted by atomic mass is 10.1. The maximum Gasteiger partial charge on any atom is 0.328 e. The molecule has 6 nitrogen and oxygen atoms in total. The van der Waals surface area contributed by atoms with Crippen LogP contribution >= 0.6 is 11.6 Å². The molecule has 0 radical (unpaired) electrons. The largest absolute Gasteiger partial charge is 0.495 e. The zero-order chi connectivity index (χ0) is 17.5. The van der Waals surface area contributed by atoms with Crippen LogP contribution in [0.4, 0.5) is 0 Å². The number of hydrogen-bond donors (Lipinski definition) is 1. The number of aromatic nitrogens is 1. The third kappa shape index (κ3) is 4.45. The van der Waals surface area contributed by atoms with Gasteiger partial charge in [0, 0.05) is 18.8 Å². The van der Waals surface area contributed by atoms with Crippen molar-refractivity contribution in [3.8, 4) is 5.75 Å². The smallest absolute Gasteiger partial charge is 0.328 e. The zero-order valence-electron chi connectivity index (χ0n) is 13.3. The molecule has 0 saturated carbocycles. The number of methoxy groups -OCH3 is 2. The molecule has 0 aliphatic carbocycles. The molecule has 24 heavy (non-hydrogen) atoms. The van der Waals surface area contributed by atoms with Crippen LogP contribution in [-0.4, -0.2) is 37.1 Å². The number of rotatable bonds is 6. The summed E-state index contributed by atoms with van der Waals surface area (Å²) in [4.78, 5) is 28.1. The quantitative estimate of drug-likeness (QED) is 0.810. The fourth-order valence-corrected chi connectivity index (χ4v) is 2.43. The van der Waals surface area contributed by atoms with Crippen LogP contribution in [0, 0.1) is 0 Å². The van der Waals surface area contributed by atoms with Crippen LogP contribution in [0.1, 0.15) is 15.9 Å². The lowest BCUT2D eigenvalue weighted by Gasteiger charge is -2.17. The molecule has 1 heterocycles. The van der Waals surface area contributed by atoms with Crippen molar-refractivity contribution in [3.63, 3.8) is 0 Å². The van der Waals surface area contributed by atoms with Crippen LogP contribution in [0.2, 0.25) is 5.02 Å². The third-order valence-corrected chi connectivity index (χ3v) is 3.67. The van der Waals surface area contributed by atoms with Gasteiger partial charge in [0.15, 0.2) is 0 Å². The molecule has 0 aliphatic rings.